The Morgan fingerprint density at radius 2 is 1.36 bits per heavy atom. The van der Waals surface area contributed by atoms with Gasteiger partial charge in [-0.1, -0.05) is 0 Å². The van der Waals surface area contributed by atoms with E-state index in [1.165, 1.54) is 0 Å². The first-order valence-electron chi connectivity index (χ1n) is 2.72. The quantitative estimate of drug-likeness (QED) is 0.475. The van der Waals surface area contributed by atoms with E-state index in [1.807, 2.05) is 0 Å². The molecule has 0 atom stereocenters. The average Bonchev–Trinajstić information content (AvgIpc) is 1.87. The minimum atomic E-state index is -1.26. The van der Waals surface area contributed by atoms with Crippen LogP contribution in [0.2, 0.25) is 0 Å². The van der Waals surface area contributed by atoms with Crippen LogP contribution in [-0.4, -0.2) is 20.9 Å². The Labute approximate surface area is 71.9 Å². The monoisotopic (exact) mass is 337 g/mol. The van der Waals surface area contributed by atoms with Gasteiger partial charge in [0.1, 0.15) is 0 Å². The third-order valence-electron chi connectivity index (χ3n) is 0.639. The molecular weight excluding hydrogens is 331 g/mol. The van der Waals surface area contributed by atoms with E-state index in [0.29, 0.717) is 12.6 Å². The number of carbonyl (C=O) groups excluding carboxylic acids is 4. The van der Waals surface area contributed by atoms with Gasteiger partial charge in [-0.15, -0.1) is 0 Å². The summed E-state index contributed by atoms with van der Waals surface area (Å²) in [7, 11) is 0. The molecule has 0 aromatic carbocycles. The molecule has 0 saturated heterocycles. The van der Waals surface area contributed by atoms with E-state index in [-0.39, 0.29) is 21.2 Å². The van der Waals surface area contributed by atoms with Gasteiger partial charge in [0, 0.05) is 0 Å². The van der Waals surface area contributed by atoms with Crippen molar-refractivity contribution < 1.29 is 37.7 Å². The van der Waals surface area contributed by atoms with Gasteiger partial charge in [0.25, 0.3) is 0 Å². The fourth-order valence-corrected chi connectivity index (χ4v) is 1.83. The maximum atomic E-state index is 10.6. The zero-order valence-corrected chi connectivity index (χ0v) is 7.79. The fraction of sp³-hybridized carbons (Fsp3) is 0.333. The van der Waals surface area contributed by atoms with Crippen molar-refractivity contribution in [1.29, 1.82) is 0 Å². The van der Waals surface area contributed by atoms with Crippen LogP contribution in [-0.2, 0) is 37.7 Å². The van der Waals surface area contributed by atoms with Gasteiger partial charge in [-0.25, -0.2) is 0 Å². The minimum absolute atomic E-state index is 0.196. The first-order valence-corrected chi connectivity index (χ1v) is 4.99. The normalized spacial score (nSPS) is 9.09. The Morgan fingerprint density at radius 1 is 1.00 bits per heavy atom. The molecule has 0 N–H and O–H groups in total. The molecule has 64 valence electrons. The van der Waals surface area contributed by atoms with Crippen LogP contribution in [0.3, 0.4) is 0 Å². The second-order valence-corrected chi connectivity index (χ2v) is 4.56. The molecule has 0 amide bonds. The summed E-state index contributed by atoms with van der Waals surface area (Å²) < 4.78 is -0.654. The predicted octanol–water partition coefficient (Wildman–Crippen LogP) is -0.700. The van der Waals surface area contributed by atoms with Crippen LogP contribution in [0.15, 0.2) is 0 Å². The van der Waals surface area contributed by atoms with Crippen LogP contribution in [0.25, 0.3) is 0 Å². The molecule has 0 bridgehead atoms. The standard InChI is InChI=1S/2C3H3O2.Pt/c2*4-2-1-3-5;/h2*2H,1H2;. The Bertz CT molecular complexity index is 167. The van der Waals surface area contributed by atoms with Gasteiger partial charge in [0.15, 0.2) is 0 Å². The van der Waals surface area contributed by atoms with E-state index in [0.717, 1.165) is 0 Å². The summed E-state index contributed by atoms with van der Waals surface area (Å²) in [6.45, 7) is 0. The van der Waals surface area contributed by atoms with Gasteiger partial charge in [0.05, 0.1) is 0 Å². The Balaban J connectivity index is 3.65. The number of aldehydes is 2. The maximum absolute atomic E-state index is 10.6. The topological polar surface area (TPSA) is 68.3 Å². The Kier molecular flexibility index (Phi) is 5.75. The SMILES string of the molecule is O=CC[C](=O)[Pt][C](=O)CC=O. The van der Waals surface area contributed by atoms with Gasteiger partial charge in [-0.2, -0.15) is 0 Å². The first-order chi connectivity index (χ1) is 5.20. The fourth-order valence-electron chi connectivity index (χ4n) is 0.284. The summed E-state index contributed by atoms with van der Waals surface area (Å²) in [5.74, 6) is 0. The van der Waals surface area contributed by atoms with E-state index >= 15 is 0 Å². The van der Waals surface area contributed by atoms with Crippen molar-refractivity contribution in [3.63, 3.8) is 0 Å². The van der Waals surface area contributed by atoms with Crippen molar-refractivity contribution in [2.24, 2.45) is 0 Å². The summed E-state index contributed by atoms with van der Waals surface area (Å²) in [6, 6.07) is 0. The summed E-state index contributed by atoms with van der Waals surface area (Å²) >= 11 is -1.26. The first kappa shape index (κ1) is 10.4. The van der Waals surface area contributed by atoms with Gasteiger partial charge < -0.3 is 0 Å². The molecule has 0 aromatic heterocycles. The molecule has 5 heteroatoms. The molecule has 0 saturated carbocycles. The van der Waals surface area contributed by atoms with Crippen LogP contribution in [0.5, 0.6) is 0 Å². The van der Waals surface area contributed by atoms with E-state index in [1.54, 1.807) is 0 Å². The molecule has 0 radical (unpaired) electrons. The number of hydrogen-bond acceptors (Lipinski definition) is 4. The zero-order chi connectivity index (χ0) is 8.69. The molecule has 0 heterocycles. The molecule has 0 spiro atoms. The van der Waals surface area contributed by atoms with E-state index in [2.05, 4.69) is 0 Å². The summed E-state index contributed by atoms with van der Waals surface area (Å²) in [5.41, 5.74) is 0. The molecule has 4 nitrogen and oxygen atoms in total. The second kappa shape index (κ2) is 6.10. The van der Waals surface area contributed by atoms with Crippen molar-refractivity contribution in [3.05, 3.63) is 0 Å². The Morgan fingerprint density at radius 3 is 1.64 bits per heavy atom. The summed E-state index contributed by atoms with van der Waals surface area (Å²) in [4.78, 5) is 40.8. The van der Waals surface area contributed by atoms with Crippen molar-refractivity contribution in [2.75, 3.05) is 0 Å². The summed E-state index contributed by atoms with van der Waals surface area (Å²) in [5, 5.41) is 0. The van der Waals surface area contributed by atoms with Crippen LogP contribution in [0, 0.1) is 0 Å². The van der Waals surface area contributed by atoms with E-state index < -0.39 is 18.6 Å². The van der Waals surface area contributed by atoms with E-state index in [9.17, 15) is 19.2 Å². The number of hydrogen-bond donors (Lipinski definition) is 0. The molecular formula is C6H6O4Pt. The van der Waals surface area contributed by atoms with Gasteiger partial charge in [-0.3, -0.25) is 0 Å². The predicted molar refractivity (Wildman–Crippen MR) is 31.4 cm³/mol. The third kappa shape index (κ3) is 5.80. The molecule has 0 aromatic rings. The summed E-state index contributed by atoms with van der Waals surface area (Å²) in [6.07, 6.45) is 0.545. The molecule has 0 aliphatic heterocycles. The molecule has 0 aliphatic rings. The van der Waals surface area contributed by atoms with Crippen LogP contribution in [0.1, 0.15) is 12.8 Å². The van der Waals surface area contributed by atoms with Crippen molar-refractivity contribution in [1.82, 2.24) is 0 Å². The van der Waals surface area contributed by atoms with E-state index in [4.69, 9.17) is 0 Å². The van der Waals surface area contributed by atoms with Crippen LogP contribution in [0.4, 0.5) is 0 Å². The number of rotatable bonds is 6. The van der Waals surface area contributed by atoms with Crippen LogP contribution >= 0.6 is 0 Å². The third-order valence-corrected chi connectivity index (χ3v) is 2.83. The second-order valence-electron chi connectivity index (χ2n) is 1.46. The Hall–Kier alpha value is -0.632. The zero-order valence-electron chi connectivity index (χ0n) is 5.52. The van der Waals surface area contributed by atoms with Crippen molar-refractivity contribution in [2.45, 2.75) is 12.8 Å². The number of carbonyl (C=O) groups is 4. The van der Waals surface area contributed by atoms with Gasteiger partial charge >= 0.3 is 71.5 Å². The van der Waals surface area contributed by atoms with Gasteiger partial charge in [0.2, 0.25) is 0 Å². The molecule has 0 aliphatic carbocycles. The molecule has 11 heavy (non-hydrogen) atoms. The molecule has 0 fully saturated rings. The average molecular weight is 337 g/mol. The van der Waals surface area contributed by atoms with Crippen molar-refractivity contribution >= 4 is 20.9 Å². The van der Waals surface area contributed by atoms with Gasteiger partial charge in [-0.05, 0) is 0 Å². The van der Waals surface area contributed by atoms with Crippen LogP contribution < -0.4 is 0 Å². The van der Waals surface area contributed by atoms with Crippen molar-refractivity contribution in [3.8, 4) is 0 Å². The molecule has 0 unspecified atom stereocenters. The molecule has 0 rings (SSSR count).